The summed E-state index contributed by atoms with van der Waals surface area (Å²) in [7, 11) is -4.85. The number of anilines is 1. The molecular formula is C10H11F2NO4S. The summed E-state index contributed by atoms with van der Waals surface area (Å²) in [5.74, 6) is -4.85. The second-order valence-electron chi connectivity index (χ2n) is 3.36. The van der Waals surface area contributed by atoms with Gasteiger partial charge in [-0.1, -0.05) is 18.2 Å². The standard InChI is InChI=1S/C10H11F2NO4S/c11-10(12)18(16,17)13(7-6-9(14)15)8-4-2-1-3-5-8/h1-5,10H,6-7H2,(H,14,15). The van der Waals surface area contributed by atoms with Crippen molar-refractivity contribution < 1.29 is 27.1 Å². The van der Waals surface area contributed by atoms with Crippen molar-refractivity contribution in [1.29, 1.82) is 0 Å². The van der Waals surface area contributed by atoms with Crippen LogP contribution in [0.3, 0.4) is 0 Å². The lowest BCUT2D eigenvalue weighted by molar-refractivity contribution is -0.136. The zero-order valence-corrected chi connectivity index (χ0v) is 9.98. The monoisotopic (exact) mass is 279 g/mol. The second-order valence-corrected chi connectivity index (χ2v) is 5.18. The number of para-hydroxylation sites is 1. The van der Waals surface area contributed by atoms with Crippen molar-refractivity contribution in [2.24, 2.45) is 0 Å². The van der Waals surface area contributed by atoms with Crippen LogP contribution in [0, 0.1) is 0 Å². The van der Waals surface area contributed by atoms with Gasteiger partial charge < -0.3 is 5.11 Å². The molecule has 5 nitrogen and oxygen atoms in total. The summed E-state index contributed by atoms with van der Waals surface area (Å²) >= 11 is 0. The molecule has 0 aliphatic heterocycles. The molecule has 0 aliphatic carbocycles. The number of sulfonamides is 1. The predicted octanol–water partition coefficient (Wildman–Crippen LogP) is 1.52. The van der Waals surface area contributed by atoms with Crippen LogP contribution >= 0.6 is 0 Å². The maximum atomic E-state index is 12.5. The van der Waals surface area contributed by atoms with Crippen molar-refractivity contribution in [1.82, 2.24) is 0 Å². The van der Waals surface area contributed by atoms with Gasteiger partial charge in [-0.15, -0.1) is 0 Å². The van der Waals surface area contributed by atoms with Gasteiger partial charge >= 0.3 is 11.7 Å². The van der Waals surface area contributed by atoms with Gasteiger partial charge in [0, 0.05) is 6.54 Å². The second kappa shape index (κ2) is 5.76. The largest absolute Gasteiger partial charge is 0.481 e. The molecule has 100 valence electrons. The number of aliphatic carboxylic acids is 1. The van der Waals surface area contributed by atoms with E-state index in [9.17, 15) is 22.0 Å². The quantitative estimate of drug-likeness (QED) is 0.856. The number of carboxylic acids is 1. The van der Waals surface area contributed by atoms with Crippen molar-refractivity contribution >= 4 is 21.7 Å². The van der Waals surface area contributed by atoms with Gasteiger partial charge in [0.05, 0.1) is 12.1 Å². The van der Waals surface area contributed by atoms with Gasteiger partial charge in [-0.05, 0) is 12.1 Å². The van der Waals surface area contributed by atoms with Gasteiger partial charge in [0.2, 0.25) is 0 Å². The highest BCUT2D eigenvalue weighted by molar-refractivity contribution is 7.93. The maximum absolute atomic E-state index is 12.5. The van der Waals surface area contributed by atoms with Crippen LogP contribution in [0.5, 0.6) is 0 Å². The molecule has 1 aromatic rings. The van der Waals surface area contributed by atoms with E-state index in [1.54, 1.807) is 6.07 Å². The Hall–Kier alpha value is -1.70. The minimum atomic E-state index is -4.85. The predicted molar refractivity (Wildman–Crippen MR) is 61.0 cm³/mol. The molecule has 0 radical (unpaired) electrons. The number of benzene rings is 1. The molecule has 0 bridgehead atoms. The van der Waals surface area contributed by atoms with Crippen LogP contribution in [0.4, 0.5) is 14.5 Å². The van der Waals surface area contributed by atoms with E-state index in [0.717, 1.165) is 0 Å². The minimum absolute atomic E-state index is 0.0130. The molecule has 0 unspecified atom stereocenters. The van der Waals surface area contributed by atoms with E-state index in [1.807, 2.05) is 0 Å². The van der Waals surface area contributed by atoms with Crippen molar-refractivity contribution in [3.63, 3.8) is 0 Å². The zero-order valence-electron chi connectivity index (χ0n) is 9.16. The Labute approximate surface area is 103 Å². The van der Waals surface area contributed by atoms with Crippen LogP contribution in [0.25, 0.3) is 0 Å². The Morgan fingerprint density at radius 1 is 1.28 bits per heavy atom. The SMILES string of the molecule is O=C(O)CCN(c1ccccc1)S(=O)(=O)C(F)F. The van der Waals surface area contributed by atoms with E-state index in [0.29, 0.717) is 4.31 Å². The average molecular weight is 279 g/mol. The third-order valence-electron chi connectivity index (χ3n) is 2.11. The smallest absolute Gasteiger partial charge is 0.355 e. The van der Waals surface area contributed by atoms with Crippen LogP contribution < -0.4 is 4.31 Å². The fourth-order valence-electron chi connectivity index (χ4n) is 1.29. The highest BCUT2D eigenvalue weighted by atomic mass is 32.2. The van der Waals surface area contributed by atoms with Crippen LogP contribution in [0.1, 0.15) is 6.42 Å². The van der Waals surface area contributed by atoms with Crippen LogP contribution in [0.15, 0.2) is 30.3 Å². The topological polar surface area (TPSA) is 74.7 Å². The molecule has 0 atom stereocenters. The van der Waals surface area contributed by atoms with Crippen LogP contribution in [-0.4, -0.2) is 31.8 Å². The van der Waals surface area contributed by atoms with Crippen molar-refractivity contribution in [2.75, 3.05) is 10.8 Å². The van der Waals surface area contributed by atoms with Crippen LogP contribution in [-0.2, 0) is 14.8 Å². The highest BCUT2D eigenvalue weighted by Crippen LogP contribution is 2.22. The van der Waals surface area contributed by atoms with E-state index in [-0.39, 0.29) is 5.69 Å². The molecule has 0 fully saturated rings. The summed E-state index contributed by atoms with van der Waals surface area (Å²) in [6.07, 6.45) is -0.555. The van der Waals surface area contributed by atoms with Gasteiger partial charge in [-0.2, -0.15) is 8.78 Å². The van der Waals surface area contributed by atoms with Gasteiger partial charge in [0.25, 0.3) is 10.0 Å². The number of hydrogen-bond donors (Lipinski definition) is 1. The Bertz CT molecular complexity index is 504. The van der Waals surface area contributed by atoms with E-state index >= 15 is 0 Å². The van der Waals surface area contributed by atoms with E-state index in [1.165, 1.54) is 24.3 Å². The molecule has 1 N–H and O–H groups in total. The lowest BCUT2D eigenvalue weighted by Gasteiger charge is -2.23. The number of nitrogens with zero attached hydrogens (tertiary/aromatic N) is 1. The minimum Gasteiger partial charge on any atom is -0.481 e. The fourth-order valence-corrected chi connectivity index (χ4v) is 2.24. The number of hydrogen-bond acceptors (Lipinski definition) is 3. The Morgan fingerprint density at radius 3 is 2.28 bits per heavy atom. The van der Waals surface area contributed by atoms with E-state index in [2.05, 4.69) is 0 Å². The first kappa shape index (κ1) is 14.4. The zero-order chi connectivity index (χ0) is 13.8. The summed E-state index contributed by atoms with van der Waals surface area (Å²) in [4.78, 5) is 10.4. The third kappa shape index (κ3) is 3.39. The first-order valence-electron chi connectivity index (χ1n) is 4.92. The highest BCUT2D eigenvalue weighted by Gasteiger charge is 2.32. The lowest BCUT2D eigenvalue weighted by Crippen LogP contribution is -2.37. The summed E-state index contributed by atoms with van der Waals surface area (Å²) in [5.41, 5.74) is 0.0130. The first-order chi connectivity index (χ1) is 8.35. The summed E-state index contributed by atoms with van der Waals surface area (Å²) in [5, 5.41) is 8.50. The average Bonchev–Trinajstić information content (AvgIpc) is 2.29. The fraction of sp³-hybridized carbons (Fsp3) is 0.300. The molecule has 0 saturated carbocycles. The molecule has 0 aliphatic rings. The van der Waals surface area contributed by atoms with Gasteiger partial charge in [-0.3, -0.25) is 9.10 Å². The summed E-state index contributed by atoms with van der Waals surface area (Å²) in [6.45, 7) is -0.536. The molecule has 1 rings (SSSR count). The molecule has 0 spiro atoms. The molecule has 18 heavy (non-hydrogen) atoms. The van der Waals surface area contributed by atoms with Crippen molar-refractivity contribution in [2.45, 2.75) is 12.2 Å². The number of alkyl halides is 2. The number of halogens is 2. The Balaban J connectivity index is 3.07. The molecule has 1 aromatic carbocycles. The number of carbonyl (C=O) groups is 1. The first-order valence-corrected chi connectivity index (χ1v) is 6.42. The lowest BCUT2D eigenvalue weighted by atomic mass is 10.3. The Morgan fingerprint density at radius 2 is 1.83 bits per heavy atom. The molecule has 0 saturated heterocycles. The van der Waals surface area contributed by atoms with Crippen LogP contribution in [0.2, 0.25) is 0 Å². The maximum Gasteiger partial charge on any atom is 0.355 e. The number of rotatable bonds is 6. The normalized spacial score (nSPS) is 11.5. The van der Waals surface area contributed by atoms with Gasteiger partial charge in [-0.25, -0.2) is 8.42 Å². The van der Waals surface area contributed by atoms with Gasteiger partial charge in [0.15, 0.2) is 0 Å². The third-order valence-corrected chi connectivity index (χ3v) is 3.56. The van der Waals surface area contributed by atoms with Gasteiger partial charge in [0.1, 0.15) is 0 Å². The summed E-state index contributed by atoms with van der Waals surface area (Å²) < 4.78 is 48.3. The molecule has 0 amide bonds. The van der Waals surface area contributed by atoms with E-state index < -0.39 is 34.7 Å². The summed E-state index contributed by atoms with van der Waals surface area (Å²) in [6, 6.07) is 7.19. The molecular weight excluding hydrogens is 268 g/mol. The Kier molecular flexibility index (Phi) is 4.60. The van der Waals surface area contributed by atoms with Crippen molar-refractivity contribution in [3.05, 3.63) is 30.3 Å². The number of carboxylic acid groups (broad SMARTS) is 1. The van der Waals surface area contributed by atoms with Crippen molar-refractivity contribution in [3.8, 4) is 0 Å². The molecule has 0 heterocycles. The van der Waals surface area contributed by atoms with E-state index in [4.69, 9.17) is 5.11 Å². The molecule has 8 heteroatoms. The molecule has 0 aromatic heterocycles.